The van der Waals surface area contributed by atoms with E-state index in [9.17, 15) is 4.79 Å². The molecule has 5 nitrogen and oxygen atoms in total. The average molecular weight is 478 g/mol. The van der Waals surface area contributed by atoms with Crippen molar-refractivity contribution in [2.24, 2.45) is 0 Å². The number of methoxy groups -OCH3 is 1. The Balaban J connectivity index is 1.32. The van der Waals surface area contributed by atoms with Crippen molar-refractivity contribution in [3.63, 3.8) is 0 Å². The first-order valence-corrected chi connectivity index (χ1v) is 11.6. The monoisotopic (exact) mass is 477 g/mol. The van der Waals surface area contributed by atoms with Crippen molar-refractivity contribution >= 4 is 46.0 Å². The molecule has 0 aromatic heterocycles. The zero-order valence-corrected chi connectivity index (χ0v) is 19.9. The Morgan fingerprint density at radius 1 is 0.909 bits per heavy atom. The molecule has 3 aromatic rings. The maximum absolute atomic E-state index is 12.9. The van der Waals surface area contributed by atoms with Crippen LogP contribution < -0.4 is 19.1 Å². The Labute approximate surface area is 203 Å². The summed E-state index contributed by atoms with van der Waals surface area (Å²) in [5.74, 6) is 2.11. The highest BCUT2D eigenvalue weighted by molar-refractivity contribution is 8.27. The summed E-state index contributed by atoms with van der Waals surface area (Å²) in [6, 6.07) is 22.8. The number of hydrogen-bond acceptors (Lipinski definition) is 6. The van der Waals surface area contributed by atoms with Crippen LogP contribution in [-0.4, -0.2) is 30.6 Å². The number of benzene rings is 3. The second-order valence-corrected chi connectivity index (χ2v) is 8.97. The fourth-order valence-corrected chi connectivity index (χ4v) is 4.50. The van der Waals surface area contributed by atoms with E-state index in [2.05, 4.69) is 0 Å². The minimum atomic E-state index is -0.108. The molecule has 0 aliphatic carbocycles. The molecule has 0 spiro atoms. The van der Waals surface area contributed by atoms with E-state index in [1.54, 1.807) is 12.0 Å². The van der Waals surface area contributed by atoms with E-state index in [1.807, 2.05) is 85.8 Å². The molecule has 7 heteroatoms. The van der Waals surface area contributed by atoms with Crippen LogP contribution in [0.3, 0.4) is 0 Å². The Morgan fingerprint density at radius 2 is 1.58 bits per heavy atom. The number of rotatable bonds is 8. The van der Waals surface area contributed by atoms with E-state index in [1.165, 1.54) is 11.8 Å². The summed E-state index contributed by atoms with van der Waals surface area (Å²) in [7, 11) is 1.62. The molecule has 1 fully saturated rings. The summed E-state index contributed by atoms with van der Waals surface area (Å²) in [4.78, 5) is 15.1. The molecule has 1 aliphatic rings. The molecule has 33 heavy (non-hydrogen) atoms. The molecule has 0 atom stereocenters. The third kappa shape index (κ3) is 5.74. The van der Waals surface area contributed by atoms with Gasteiger partial charge in [0.05, 0.1) is 17.7 Å². The number of ether oxygens (including phenoxy) is 3. The lowest BCUT2D eigenvalue weighted by Crippen LogP contribution is -2.27. The van der Waals surface area contributed by atoms with Gasteiger partial charge in [-0.15, -0.1) is 0 Å². The van der Waals surface area contributed by atoms with Crippen LogP contribution in [0.1, 0.15) is 11.1 Å². The van der Waals surface area contributed by atoms with Crippen LogP contribution in [0.15, 0.2) is 77.7 Å². The van der Waals surface area contributed by atoms with E-state index in [0.29, 0.717) is 22.4 Å². The number of nitrogens with zero attached hydrogens (tertiary/aromatic N) is 1. The maximum atomic E-state index is 12.9. The van der Waals surface area contributed by atoms with Crippen LogP contribution in [0, 0.1) is 6.92 Å². The summed E-state index contributed by atoms with van der Waals surface area (Å²) < 4.78 is 17.2. The highest BCUT2D eigenvalue weighted by Gasteiger charge is 2.33. The Bertz CT molecular complexity index is 1170. The standard InChI is InChI=1S/C26H23NO4S2/c1-18-6-10-20(11-7-18)27-25(28)24(33-26(27)32)16-19-8-12-21(13-9-19)30-14-15-31-23-5-3-4-22(17-23)29-2/h3-13,16-17H,14-15H2,1-2H3. The Kier molecular flexibility index (Phi) is 7.32. The topological polar surface area (TPSA) is 48.0 Å². The summed E-state index contributed by atoms with van der Waals surface area (Å²) in [6.07, 6.45) is 1.85. The normalized spacial score (nSPS) is 14.6. The minimum Gasteiger partial charge on any atom is -0.497 e. The average Bonchev–Trinajstić information content (AvgIpc) is 3.11. The van der Waals surface area contributed by atoms with Gasteiger partial charge in [0.1, 0.15) is 30.5 Å². The van der Waals surface area contributed by atoms with Crippen molar-refractivity contribution in [1.82, 2.24) is 0 Å². The van der Waals surface area contributed by atoms with Crippen molar-refractivity contribution in [1.29, 1.82) is 0 Å². The highest BCUT2D eigenvalue weighted by Crippen LogP contribution is 2.36. The van der Waals surface area contributed by atoms with Crippen LogP contribution in [0.25, 0.3) is 6.08 Å². The summed E-state index contributed by atoms with van der Waals surface area (Å²) in [6.45, 7) is 2.83. The molecule has 1 aliphatic heterocycles. The molecule has 0 unspecified atom stereocenters. The number of aryl methyl sites for hydroxylation is 1. The van der Waals surface area contributed by atoms with E-state index < -0.39 is 0 Å². The fourth-order valence-electron chi connectivity index (χ4n) is 3.21. The molecule has 168 valence electrons. The van der Waals surface area contributed by atoms with E-state index in [-0.39, 0.29) is 5.91 Å². The van der Waals surface area contributed by atoms with E-state index >= 15 is 0 Å². The Hall–Kier alpha value is -3.29. The maximum Gasteiger partial charge on any atom is 0.270 e. The molecule has 1 amide bonds. The predicted molar refractivity (Wildman–Crippen MR) is 137 cm³/mol. The van der Waals surface area contributed by atoms with Gasteiger partial charge < -0.3 is 14.2 Å². The minimum absolute atomic E-state index is 0.108. The van der Waals surface area contributed by atoms with Crippen molar-refractivity contribution in [3.05, 3.63) is 88.8 Å². The van der Waals surface area contributed by atoms with Crippen LogP contribution >= 0.6 is 24.0 Å². The molecular weight excluding hydrogens is 454 g/mol. The first-order chi connectivity index (χ1) is 16.0. The van der Waals surface area contributed by atoms with Crippen LogP contribution in [-0.2, 0) is 4.79 Å². The second kappa shape index (κ2) is 10.6. The molecule has 0 radical (unpaired) electrons. The first-order valence-electron chi connectivity index (χ1n) is 10.4. The van der Waals surface area contributed by atoms with Gasteiger partial charge in [-0.2, -0.15) is 0 Å². The lowest BCUT2D eigenvalue weighted by Gasteiger charge is -2.14. The molecular formula is C26H23NO4S2. The lowest BCUT2D eigenvalue weighted by molar-refractivity contribution is -0.113. The van der Waals surface area contributed by atoms with Gasteiger partial charge in [0.15, 0.2) is 4.32 Å². The third-order valence-electron chi connectivity index (χ3n) is 4.93. The number of thiocarbonyl (C=S) groups is 1. The predicted octanol–water partition coefficient (Wildman–Crippen LogP) is 5.87. The molecule has 0 N–H and O–H groups in total. The van der Waals surface area contributed by atoms with Gasteiger partial charge in [0.2, 0.25) is 0 Å². The van der Waals surface area contributed by atoms with Crippen molar-refractivity contribution in [2.75, 3.05) is 25.2 Å². The SMILES string of the molecule is COc1cccc(OCCOc2ccc(C=C3SC(=S)N(c4ccc(C)cc4)C3=O)cc2)c1. The number of thioether (sulfide) groups is 1. The van der Waals surface area contributed by atoms with Gasteiger partial charge in [-0.3, -0.25) is 9.69 Å². The van der Waals surface area contributed by atoms with Gasteiger partial charge in [-0.1, -0.05) is 59.9 Å². The third-order valence-corrected chi connectivity index (χ3v) is 6.23. The summed E-state index contributed by atoms with van der Waals surface area (Å²) in [5.41, 5.74) is 2.82. The van der Waals surface area contributed by atoms with Gasteiger partial charge >= 0.3 is 0 Å². The van der Waals surface area contributed by atoms with Crippen molar-refractivity contribution in [2.45, 2.75) is 6.92 Å². The summed E-state index contributed by atoms with van der Waals surface area (Å²) >= 11 is 6.75. The van der Waals surface area contributed by atoms with Gasteiger partial charge in [-0.05, 0) is 55.0 Å². The second-order valence-electron chi connectivity index (χ2n) is 7.30. The van der Waals surface area contributed by atoms with Crippen molar-refractivity contribution < 1.29 is 19.0 Å². The number of anilines is 1. The van der Waals surface area contributed by atoms with Crippen molar-refractivity contribution in [3.8, 4) is 17.2 Å². The number of hydrogen-bond donors (Lipinski definition) is 0. The zero-order chi connectivity index (χ0) is 23.2. The molecule has 1 saturated heterocycles. The molecule has 3 aromatic carbocycles. The fraction of sp³-hybridized carbons (Fsp3) is 0.154. The first kappa shape index (κ1) is 22.9. The number of carbonyl (C=O) groups is 1. The van der Waals surface area contributed by atoms with Gasteiger partial charge in [0.25, 0.3) is 5.91 Å². The quantitative estimate of drug-likeness (QED) is 0.230. The van der Waals surface area contributed by atoms with E-state index in [0.717, 1.165) is 34.1 Å². The molecule has 4 rings (SSSR count). The van der Waals surface area contributed by atoms with Gasteiger partial charge in [0, 0.05) is 6.07 Å². The summed E-state index contributed by atoms with van der Waals surface area (Å²) in [5, 5.41) is 0. The van der Waals surface area contributed by atoms with Crippen LogP contribution in [0.5, 0.6) is 17.2 Å². The molecule has 1 heterocycles. The Morgan fingerprint density at radius 3 is 2.27 bits per heavy atom. The van der Waals surface area contributed by atoms with Crippen LogP contribution in [0.4, 0.5) is 5.69 Å². The lowest BCUT2D eigenvalue weighted by atomic mass is 10.2. The smallest absolute Gasteiger partial charge is 0.270 e. The van der Waals surface area contributed by atoms with Crippen LogP contribution in [0.2, 0.25) is 0 Å². The highest BCUT2D eigenvalue weighted by atomic mass is 32.2. The molecule has 0 bridgehead atoms. The molecule has 0 saturated carbocycles. The largest absolute Gasteiger partial charge is 0.497 e. The number of amides is 1. The number of carbonyl (C=O) groups excluding carboxylic acids is 1. The van der Waals surface area contributed by atoms with E-state index in [4.69, 9.17) is 26.4 Å². The van der Waals surface area contributed by atoms with Gasteiger partial charge in [-0.25, -0.2) is 0 Å². The zero-order valence-electron chi connectivity index (χ0n) is 18.3.